The summed E-state index contributed by atoms with van der Waals surface area (Å²) in [6, 6.07) is 11.9. The highest BCUT2D eigenvalue weighted by Crippen LogP contribution is 2.34. The standard InChI is InChI=1S/C28H34ClFN4O5S/c1-4-6-11-25-31-27(29)23(16-35)34(25)15-19-12-13-21(20(14-19)17-38-5-2)22-9-7-8-10-24(22)40(36,37)33-28-26(30)18(3)39-32-28/h7-10,12-14,23,27,35H,4-6,11,15-17H2,1-3H3,(H,32,33). The van der Waals surface area contributed by atoms with E-state index >= 15 is 0 Å². The van der Waals surface area contributed by atoms with Gasteiger partial charge in [-0.1, -0.05) is 66.5 Å². The van der Waals surface area contributed by atoms with Crippen LogP contribution in [0.5, 0.6) is 0 Å². The number of halogens is 2. The number of amidine groups is 1. The molecule has 40 heavy (non-hydrogen) atoms. The zero-order chi connectivity index (χ0) is 28.9. The smallest absolute Gasteiger partial charge is 0.263 e. The minimum atomic E-state index is -4.22. The lowest BCUT2D eigenvalue weighted by molar-refractivity contribution is 0.134. The Morgan fingerprint density at radius 1 is 1.20 bits per heavy atom. The normalized spacial score (nSPS) is 17.4. The van der Waals surface area contributed by atoms with Crippen LogP contribution in [0.15, 0.2) is 56.9 Å². The Bertz CT molecular complexity index is 1460. The lowest BCUT2D eigenvalue weighted by Crippen LogP contribution is -2.40. The van der Waals surface area contributed by atoms with Gasteiger partial charge in [0.2, 0.25) is 11.6 Å². The van der Waals surface area contributed by atoms with Gasteiger partial charge in [-0.15, -0.1) is 0 Å². The third-order valence-electron chi connectivity index (χ3n) is 6.74. The van der Waals surface area contributed by atoms with Gasteiger partial charge in [-0.3, -0.25) is 9.71 Å². The fourth-order valence-corrected chi connectivity index (χ4v) is 6.19. The number of rotatable bonds is 13. The van der Waals surface area contributed by atoms with E-state index in [9.17, 15) is 17.9 Å². The van der Waals surface area contributed by atoms with Crippen LogP contribution in [0.3, 0.4) is 0 Å². The van der Waals surface area contributed by atoms with E-state index in [1.807, 2.05) is 30.0 Å². The van der Waals surface area contributed by atoms with Gasteiger partial charge in [0.05, 0.1) is 24.2 Å². The number of unbranched alkanes of at least 4 members (excludes halogenated alkanes) is 1. The van der Waals surface area contributed by atoms with Crippen molar-refractivity contribution in [2.75, 3.05) is 17.9 Å². The third-order valence-corrected chi connectivity index (χ3v) is 8.52. The predicted molar refractivity (Wildman–Crippen MR) is 152 cm³/mol. The molecule has 1 aliphatic heterocycles. The Labute approximate surface area is 239 Å². The molecular weight excluding hydrogens is 559 g/mol. The maximum absolute atomic E-state index is 14.3. The Morgan fingerprint density at radius 3 is 2.65 bits per heavy atom. The van der Waals surface area contributed by atoms with Crippen LogP contribution in [0, 0.1) is 12.7 Å². The summed E-state index contributed by atoms with van der Waals surface area (Å²) in [5, 5.41) is 13.5. The number of hydrogen-bond donors (Lipinski definition) is 2. The number of anilines is 1. The lowest BCUT2D eigenvalue weighted by atomic mass is 9.97. The summed E-state index contributed by atoms with van der Waals surface area (Å²) in [6.07, 6.45) is 2.74. The molecule has 3 aromatic rings. The highest BCUT2D eigenvalue weighted by atomic mass is 35.5. The average Bonchev–Trinajstić information content (AvgIpc) is 3.42. The van der Waals surface area contributed by atoms with Crippen molar-refractivity contribution in [1.29, 1.82) is 0 Å². The summed E-state index contributed by atoms with van der Waals surface area (Å²) in [5.41, 5.74) is 2.27. The molecule has 2 N–H and O–H groups in total. The molecule has 2 heterocycles. The summed E-state index contributed by atoms with van der Waals surface area (Å²) in [4.78, 5) is 6.59. The highest BCUT2D eigenvalue weighted by Gasteiger charge is 2.34. The number of aliphatic hydroxyl groups excluding tert-OH is 1. The maximum atomic E-state index is 14.3. The molecule has 216 valence electrons. The minimum absolute atomic E-state index is 0.0422. The molecule has 0 aliphatic carbocycles. The molecule has 0 saturated heterocycles. The van der Waals surface area contributed by atoms with Crippen LogP contribution >= 0.6 is 11.6 Å². The molecule has 0 radical (unpaired) electrons. The number of sulfonamides is 1. The zero-order valence-corrected chi connectivity index (χ0v) is 24.3. The van der Waals surface area contributed by atoms with Gasteiger partial charge >= 0.3 is 0 Å². The molecule has 0 spiro atoms. The van der Waals surface area contributed by atoms with Gasteiger partial charge < -0.3 is 19.3 Å². The molecular formula is C28H34ClFN4O5S. The number of aryl methyl sites for hydroxylation is 1. The van der Waals surface area contributed by atoms with Crippen molar-refractivity contribution in [1.82, 2.24) is 10.1 Å². The quantitative estimate of drug-likeness (QED) is 0.200. The molecule has 0 amide bonds. The number of nitrogens with one attached hydrogen (secondary N) is 1. The van der Waals surface area contributed by atoms with Gasteiger partial charge in [0.15, 0.2) is 5.76 Å². The molecule has 12 heteroatoms. The Kier molecular flexibility index (Phi) is 9.83. The van der Waals surface area contributed by atoms with Gasteiger partial charge in [0, 0.05) is 25.1 Å². The van der Waals surface area contributed by atoms with Gasteiger partial charge in [0.1, 0.15) is 11.3 Å². The molecule has 9 nitrogen and oxygen atoms in total. The lowest BCUT2D eigenvalue weighted by Gasteiger charge is -2.28. The third kappa shape index (κ3) is 6.49. The summed E-state index contributed by atoms with van der Waals surface area (Å²) < 4.78 is 53.7. The van der Waals surface area contributed by atoms with E-state index in [0.717, 1.165) is 36.2 Å². The second-order valence-corrected chi connectivity index (χ2v) is 11.6. The number of aromatic nitrogens is 1. The first kappa shape index (κ1) is 30.0. The van der Waals surface area contributed by atoms with E-state index < -0.39 is 27.2 Å². The number of hydrogen-bond acceptors (Lipinski definition) is 8. The van der Waals surface area contributed by atoms with Crippen LogP contribution in [0.2, 0.25) is 0 Å². The van der Waals surface area contributed by atoms with Crippen molar-refractivity contribution in [3.63, 3.8) is 0 Å². The predicted octanol–water partition coefficient (Wildman–Crippen LogP) is 5.46. The van der Waals surface area contributed by atoms with Crippen LogP contribution < -0.4 is 4.72 Å². The van der Waals surface area contributed by atoms with Crippen molar-refractivity contribution in [2.24, 2.45) is 4.99 Å². The van der Waals surface area contributed by atoms with Gasteiger partial charge in [0.25, 0.3) is 10.0 Å². The fraction of sp³-hybridized carbons (Fsp3) is 0.429. The van der Waals surface area contributed by atoms with E-state index in [2.05, 4.69) is 21.8 Å². The summed E-state index contributed by atoms with van der Waals surface area (Å²) >= 11 is 6.44. The van der Waals surface area contributed by atoms with Crippen molar-refractivity contribution >= 4 is 33.3 Å². The number of aliphatic imine (C=N–C) groups is 1. The number of ether oxygens (including phenoxy) is 1. The average molecular weight is 593 g/mol. The molecule has 0 bridgehead atoms. The van der Waals surface area contributed by atoms with Gasteiger partial charge in [-0.2, -0.15) is 4.39 Å². The fourth-order valence-electron chi connectivity index (χ4n) is 4.65. The maximum Gasteiger partial charge on any atom is 0.263 e. The SMILES string of the molecule is CCCCC1=NC(Cl)C(CO)N1Cc1ccc(-c2ccccc2S(=O)(=O)Nc2noc(C)c2F)c(COCC)c1. The molecule has 2 unspecified atom stereocenters. The molecule has 4 rings (SSSR count). The van der Waals surface area contributed by atoms with Gasteiger partial charge in [-0.25, -0.2) is 8.42 Å². The van der Waals surface area contributed by atoms with E-state index in [0.29, 0.717) is 24.3 Å². The highest BCUT2D eigenvalue weighted by molar-refractivity contribution is 7.92. The van der Waals surface area contributed by atoms with Crippen LogP contribution in [-0.2, 0) is 27.9 Å². The van der Waals surface area contributed by atoms with Crippen molar-refractivity contribution in [3.05, 3.63) is 65.2 Å². The topological polar surface area (TPSA) is 117 Å². The Hall–Kier alpha value is -2.99. The summed E-state index contributed by atoms with van der Waals surface area (Å²) in [6.45, 7) is 6.41. The molecule has 0 fully saturated rings. The van der Waals surface area contributed by atoms with E-state index in [1.54, 1.807) is 18.2 Å². The molecule has 1 aliphatic rings. The Balaban J connectivity index is 1.70. The van der Waals surface area contributed by atoms with Crippen LogP contribution in [0.4, 0.5) is 10.2 Å². The van der Waals surface area contributed by atoms with Crippen molar-refractivity contribution in [3.8, 4) is 11.1 Å². The largest absolute Gasteiger partial charge is 0.394 e. The molecule has 0 saturated carbocycles. The zero-order valence-electron chi connectivity index (χ0n) is 22.7. The molecule has 2 atom stereocenters. The summed E-state index contributed by atoms with van der Waals surface area (Å²) in [5.74, 6) is -0.620. The van der Waals surface area contributed by atoms with E-state index in [1.165, 1.54) is 13.0 Å². The number of benzene rings is 2. The Morgan fingerprint density at radius 2 is 1.98 bits per heavy atom. The van der Waals surface area contributed by atoms with E-state index in [-0.39, 0.29) is 29.9 Å². The van der Waals surface area contributed by atoms with Crippen molar-refractivity contribution < 1.29 is 27.2 Å². The number of nitrogens with zero attached hydrogens (tertiary/aromatic N) is 3. The van der Waals surface area contributed by atoms with Crippen LogP contribution in [-0.4, -0.2) is 54.2 Å². The van der Waals surface area contributed by atoms with Crippen LogP contribution in [0.1, 0.15) is 50.0 Å². The van der Waals surface area contributed by atoms with Gasteiger partial charge in [-0.05, 0) is 43.0 Å². The van der Waals surface area contributed by atoms with E-state index in [4.69, 9.17) is 20.9 Å². The minimum Gasteiger partial charge on any atom is -0.394 e. The second kappa shape index (κ2) is 13.1. The first-order valence-electron chi connectivity index (χ1n) is 13.2. The first-order valence-corrected chi connectivity index (χ1v) is 15.1. The number of aliphatic hydroxyl groups is 1. The van der Waals surface area contributed by atoms with Crippen molar-refractivity contribution in [2.45, 2.75) is 69.6 Å². The summed E-state index contributed by atoms with van der Waals surface area (Å²) in [7, 11) is -4.22. The van der Waals surface area contributed by atoms with Crippen LogP contribution in [0.25, 0.3) is 11.1 Å². The first-order chi connectivity index (χ1) is 19.2. The molecule has 2 aromatic carbocycles. The number of alkyl halides is 1. The second-order valence-electron chi connectivity index (χ2n) is 9.53. The molecule has 1 aromatic heterocycles. The monoisotopic (exact) mass is 592 g/mol.